The molecule has 0 saturated carbocycles. The quantitative estimate of drug-likeness (QED) is 0.794. The van der Waals surface area contributed by atoms with E-state index in [1.807, 2.05) is 12.3 Å². The van der Waals surface area contributed by atoms with Crippen LogP contribution in [0.25, 0.3) is 0 Å². The van der Waals surface area contributed by atoms with Crippen LogP contribution in [0, 0.1) is 6.42 Å². The van der Waals surface area contributed by atoms with Crippen LogP contribution in [0.4, 0.5) is 4.79 Å². The summed E-state index contributed by atoms with van der Waals surface area (Å²) in [6.45, 7) is 0.423. The van der Waals surface area contributed by atoms with Gasteiger partial charge in [0.1, 0.15) is 10.6 Å². The molecule has 1 aliphatic carbocycles. The van der Waals surface area contributed by atoms with Crippen LogP contribution in [0.15, 0.2) is 51.4 Å². The number of methoxy groups -OCH3 is 1. The summed E-state index contributed by atoms with van der Waals surface area (Å²) in [7, 11) is -0.653. The number of hydrogen-bond donors (Lipinski definition) is 2. The SMILES string of the molecule is COc1ccccc1S(=O)(=O)NC1[CH]C(SC)=C2NC(=O)N(C)CC2=C1.[HH].[HH]. The van der Waals surface area contributed by atoms with Crippen molar-refractivity contribution in [3.63, 3.8) is 0 Å². The molecule has 1 fully saturated rings. The summed E-state index contributed by atoms with van der Waals surface area (Å²) in [6, 6.07) is 5.78. The van der Waals surface area contributed by atoms with Gasteiger partial charge in [-0.05, 0) is 24.0 Å². The summed E-state index contributed by atoms with van der Waals surface area (Å²) < 4.78 is 33.5. The number of carbonyl (C=O) groups excluding carboxylic acids is 1. The van der Waals surface area contributed by atoms with Crippen molar-refractivity contribution in [2.24, 2.45) is 0 Å². The summed E-state index contributed by atoms with van der Waals surface area (Å²) in [5, 5.41) is 2.85. The Kier molecular flexibility index (Phi) is 5.31. The van der Waals surface area contributed by atoms with E-state index >= 15 is 0 Å². The maximum atomic E-state index is 12.8. The Hall–Kier alpha value is -1.97. The number of hydrogen-bond acceptors (Lipinski definition) is 5. The molecule has 0 spiro atoms. The lowest BCUT2D eigenvalue weighted by molar-refractivity contribution is 0.211. The Morgan fingerprint density at radius 3 is 2.81 bits per heavy atom. The van der Waals surface area contributed by atoms with Crippen LogP contribution >= 0.6 is 11.8 Å². The van der Waals surface area contributed by atoms with Crippen molar-refractivity contribution in [2.75, 3.05) is 27.0 Å². The van der Waals surface area contributed by atoms with E-state index in [2.05, 4.69) is 10.0 Å². The van der Waals surface area contributed by atoms with Gasteiger partial charge in [-0.1, -0.05) is 18.2 Å². The first-order chi connectivity index (χ1) is 12.4. The highest BCUT2D eigenvalue weighted by Gasteiger charge is 2.31. The van der Waals surface area contributed by atoms with Crippen molar-refractivity contribution in [1.82, 2.24) is 14.9 Å². The number of thioether (sulfide) groups is 1. The third-order valence-corrected chi connectivity index (χ3v) is 6.41. The van der Waals surface area contributed by atoms with E-state index in [-0.39, 0.29) is 19.5 Å². The molecule has 3 rings (SSSR count). The number of benzene rings is 1. The van der Waals surface area contributed by atoms with Crippen LogP contribution in [0.5, 0.6) is 5.75 Å². The van der Waals surface area contributed by atoms with Gasteiger partial charge in [0.05, 0.1) is 12.8 Å². The van der Waals surface area contributed by atoms with Crippen molar-refractivity contribution in [1.29, 1.82) is 0 Å². The number of likely N-dealkylation sites (N-methyl/N-ethyl adjacent to an activating group) is 1. The fraction of sp³-hybridized carbons (Fsp3) is 0.294. The van der Waals surface area contributed by atoms with Crippen molar-refractivity contribution < 1.29 is 20.8 Å². The molecule has 2 amide bonds. The number of fused-ring (bicyclic) bond motifs is 1. The number of sulfonamides is 1. The van der Waals surface area contributed by atoms with Gasteiger partial charge in [-0.2, -0.15) is 0 Å². The number of para-hydroxylation sites is 1. The van der Waals surface area contributed by atoms with Gasteiger partial charge in [0.25, 0.3) is 0 Å². The smallest absolute Gasteiger partial charge is 0.321 e. The van der Waals surface area contributed by atoms with Gasteiger partial charge in [-0.3, -0.25) is 0 Å². The molecule has 0 aromatic heterocycles. The minimum atomic E-state index is -3.78. The van der Waals surface area contributed by atoms with Gasteiger partial charge >= 0.3 is 6.03 Å². The van der Waals surface area contributed by atoms with Crippen molar-refractivity contribution in [2.45, 2.75) is 10.9 Å². The number of nitrogens with one attached hydrogen (secondary N) is 2. The zero-order valence-electron chi connectivity index (χ0n) is 14.6. The van der Waals surface area contributed by atoms with Gasteiger partial charge in [0.2, 0.25) is 10.0 Å². The Balaban J connectivity index is 0.00000196. The molecule has 1 aromatic carbocycles. The number of rotatable bonds is 5. The lowest BCUT2D eigenvalue weighted by atomic mass is 9.98. The molecule has 2 N–H and O–H groups in total. The molecule has 1 radical (unpaired) electrons. The molecule has 9 heteroatoms. The zero-order chi connectivity index (χ0) is 18.9. The van der Waals surface area contributed by atoms with Gasteiger partial charge in [0, 0.05) is 33.8 Å². The molecule has 0 bridgehead atoms. The Labute approximate surface area is 160 Å². The van der Waals surface area contributed by atoms with Crippen LogP contribution in [-0.2, 0) is 10.0 Å². The number of amides is 2. The third-order valence-electron chi connectivity index (χ3n) is 4.14. The normalized spacial score (nSPS) is 20.4. The second-order valence-electron chi connectivity index (χ2n) is 5.89. The lowest BCUT2D eigenvalue weighted by Crippen LogP contribution is -2.47. The zero-order valence-corrected chi connectivity index (χ0v) is 16.3. The average Bonchev–Trinajstić information content (AvgIpc) is 2.62. The fourth-order valence-corrected chi connectivity index (χ4v) is 4.84. The minimum absolute atomic E-state index is 0. The molecule has 1 aromatic rings. The molecule has 143 valence electrons. The van der Waals surface area contributed by atoms with Crippen LogP contribution in [-0.4, -0.2) is 52.3 Å². The summed E-state index contributed by atoms with van der Waals surface area (Å²) in [4.78, 5) is 14.3. The maximum absolute atomic E-state index is 12.8. The highest BCUT2D eigenvalue weighted by Crippen LogP contribution is 2.33. The summed E-state index contributed by atoms with van der Waals surface area (Å²) >= 11 is 1.46. The number of nitrogens with zero attached hydrogens (tertiary/aromatic N) is 1. The van der Waals surface area contributed by atoms with Crippen LogP contribution in [0.2, 0.25) is 0 Å². The minimum Gasteiger partial charge on any atom is -0.495 e. The molecule has 7 nitrogen and oxygen atoms in total. The summed E-state index contributed by atoms with van der Waals surface area (Å²) in [6.07, 6.45) is 5.50. The molecular formula is C17H24N3O4S2. The van der Waals surface area contributed by atoms with Gasteiger partial charge in [-0.15, -0.1) is 11.8 Å². The number of carbonyl (C=O) groups is 1. The molecule has 1 aliphatic heterocycles. The topological polar surface area (TPSA) is 87.7 Å². The van der Waals surface area contributed by atoms with Gasteiger partial charge in [-0.25, -0.2) is 17.9 Å². The first-order valence-corrected chi connectivity index (χ1v) is 10.6. The van der Waals surface area contributed by atoms with Crippen molar-refractivity contribution >= 4 is 27.8 Å². The number of ether oxygens (including phenoxy) is 1. The third kappa shape index (κ3) is 3.60. The largest absolute Gasteiger partial charge is 0.495 e. The lowest BCUT2D eigenvalue weighted by Gasteiger charge is -2.34. The van der Waals surface area contributed by atoms with E-state index in [0.717, 1.165) is 16.2 Å². The Morgan fingerprint density at radius 2 is 2.12 bits per heavy atom. The first-order valence-electron chi connectivity index (χ1n) is 7.87. The predicted molar refractivity (Wildman–Crippen MR) is 105 cm³/mol. The van der Waals surface area contributed by atoms with Crippen molar-refractivity contribution in [3.05, 3.63) is 52.9 Å². The van der Waals surface area contributed by atoms with E-state index in [9.17, 15) is 13.2 Å². The van der Waals surface area contributed by atoms with Crippen LogP contribution < -0.4 is 14.8 Å². The molecule has 1 atom stereocenters. The first kappa shape index (κ1) is 18.8. The van der Waals surface area contributed by atoms with E-state index in [1.54, 1.807) is 36.6 Å². The van der Waals surface area contributed by atoms with E-state index in [1.165, 1.54) is 24.9 Å². The Morgan fingerprint density at radius 1 is 1.38 bits per heavy atom. The van der Waals surface area contributed by atoms with Crippen LogP contribution in [0.3, 0.4) is 0 Å². The van der Waals surface area contributed by atoms with E-state index in [4.69, 9.17) is 4.74 Å². The monoisotopic (exact) mass is 398 g/mol. The molecular weight excluding hydrogens is 374 g/mol. The standard InChI is InChI=1S/C17H20N3O4S2.2H2/c1-20-10-11-8-12(9-14(25-3)16(11)18-17(20)21)19-26(22,23)15-7-5-4-6-13(15)24-2;;/h4-9,12,19H,10H2,1-3H3,(H,18,21);2*1H. The van der Waals surface area contributed by atoms with E-state index in [0.29, 0.717) is 6.54 Å². The maximum Gasteiger partial charge on any atom is 0.321 e. The highest BCUT2D eigenvalue weighted by molar-refractivity contribution is 8.02. The molecule has 1 heterocycles. The Bertz CT molecular complexity index is 903. The molecule has 1 unspecified atom stereocenters. The van der Waals surface area contributed by atoms with E-state index < -0.39 is 16.1 Å². The second-order valence-corrected chi connectivity index (χ2v) is 8.42. The summed E-state index contributed by atoms with van der Waals surface area (Å²) in [5.41, 5.74) is 1.63. The molecule has 2 aliphatic rings. The average molecular weight is 399 g/mol. The predicted octanol–water partition coefficient (Wildman–Crippen LogP) is 2.21. The second kappa shape index (κ2) is 7.34. The van der Waals surface area contributed by atoms with Crippen LogP contribution in [0.1, 0.15) is 2.85 Å². The fourth-order valence-electron chi connectivity index (χ4n) is 2.88. The van der Waals surface area contributed by atoms with Gasteiger partial charge < -0.3 is 15.0 Å². The molecule has 1 saturated heterocycles. The van der Waals surface area contributed by atoms with Gasteiger partial charge in [0.15, 0.2) is 0 Å². The summed E-state index contributed by atoms with van der Waals surface area (Å²) in [5.74, 6) is 0.287. The number of urea groups is 1. The molecule has 26 heavy (non-hydrogen) atoms. The highest BCUT2D eigenvalue weighted by atomic mass is 32.2. The van der Waals surface area contributed by atoms with Crippen molar-refractivity contribution in [3.8, 4) is 5.75 Å².